The number of hydrogen-bond donors (Lipinski definition) is 3. The normalized spacial score (nSPS) is 12.6. The lowest BCUT2D eigenvalue weighted by atomic mass is 10.1. The number of nitrogens with one attached hydrogen (secondary N) is 2. The molecule has 0 bridgehead atoms. The van der Waals surface area contributed by atoms with E-state index in [2.05, 4.69) is 20.9 Å². The summed E-state index contributed by atoms with van der Waals surface area (Å²) in [5.74, 6) is 0. The second-order valence-electron chi connectivity index (χ2n) is 5.10. The van der Waals surface area contributed by atoms with Crippen molar-refractivity contribution in [2.75, 3.05) is 17.2 Å². The predicted octanol–water partition coefficient (Wildman–Crippen LogP) is 2.98. The molecule has 0 amide bonds. The van der Waals surface area contributed by atoms with Gasteiger partial charge in [0.05, 0.1) is 11.0 Å². The minimum atomic E-state index is -0.174. The third-order valence-corrected chi connectivity index (χ3v) is 3.81. The first-order valence-corrected chi connectivity index (χ1v) is 6.59. The van der Waals surface area contributed by atoms with Crippen LogP contribution in [0.4, 0.5) is 17.1 Å². The van der Waals surface area contributed by atoms with Crippen LogP contribution in [0.1, 0.15) is 5.56 Å². The van der Waals surface area contributed by atoms with E-state index in [0.29, 0.717) is 0 Å². The largest absolute Gasteiger partial charge is 0.399 e. The summed E-state index contributed by atoms with van der Waals surface area (Å²) < 4.78 is 0. The number of imidazole rings is 1. The van der Waals surface area contributed by atoms with Gasteiger partial charge in [-0.2, -0.15) is 0 Å². The Labute approximate surface area is 139 Å². The Bertz CT molecular complexity index is 871. The Kier molecular flexibility index (Phi) is 4.39. The number of nitrogen functional groups attached to an aromatic ring is 1. The zero-order valence-corrected chi connectivity index (χ0v) is 13.3. The van der Waals surface area contributed by atoms with E-state index >= 15 is 0 Å². The molecular formula is C15H16Cl2N4O. The van der Waals surface area contributed by atoms with Gasteiger partial charge in [0, 0.05) is 23.6 Å². The first-order chi connectivity index (χ1) is 9.70. The van der Waals surface area contributed by atoms with Gasteiger partial charge in [0.15, 0.2) is 0 Å². The highest BCUT2D eigenvalue weighted by Gasteiger charge is 2.20. The molecule has 1 aromatic heterocycles. The van der Waals surface area contributed by atoms with Gasteiger partial charge in [-0.25, -0.2) is 4.79 Å². The van der Waals surface area contributed by atoms with Crippen molar-refractivity contribution in [2.45, 2.75) is 6.42 Å². The van der Waals surface area contributed by atoms with Crippen LogP contribution in [-0.2, 0) is 6.42 Å². The molecule has 0 atom stereocenters. The SMILES string of the molecule is Cl.Cl.Nc1ccc2c(c1)CCN2c1ccc2[nH]c(=O)[nH]c2c1. The third kappa shape index (κ3) is 2.53. The molecule has 5 nitrogen and oxygen atoms in total. The number of halogens is 2. The van der Waals surface area contributed by atoms with E-state index in [9.17, 15) is 4.79 Å². The van der Waals surface area contributed by atoms with E-state index in [1.807, 2.05) is 30.3 Å². The predicted molar refractivity (Wildman–Crippen MR) is 95.0 cm³/mol. The molecule has 2 heterocycles. The summed E-state index contributed by atoms with van der Waals surface area (Å²) in [5.41, 5.74) is 11.7. The smallest absolute Gasteiger partial charge is 0.323 e. The number of fused-ring (bicyclic) bond motifs is 2. The van der Waals surface area contributed by atoms with Crippen molar-refractivity contribution in [1.82, 2.24) is 9.97 Å². The molecule has 0 aliphatic carbocycles. The Hall–Kier alpha value is -2.11. The molecule has 3 aromatic rings. The average molecular weight is 339 g/mol. The summed E-state index contributed by atoms with van der Waals surface area (Å²) in [6.07, 6.45) is 0.988. The minimum Gasteiger partial charge on any atom is -0.399 e. The van der Waals surface area contributed by atoms with Crippen LogP contribution in [0.25, 0.3) is 11.0 Å². The maximum atomic E-state index is 11.3. The number of H-pyrrole nitrogens is 2. The summed E-state index contributed by atoms with van der Waals surface area (Å²) in [4.78, 5) is 19.1. The van der Waals surface area contributed by atoms with Crippen molar-refractivity contribution >= 4 is 52.9 Å². The lowest BCUT2D eigenvalue weighted by molar-refractivity contribution is 0.999. The molecule has 2 aromatic carbocycles. The summed E-state index contributed by atoms with van der Waals surface area (Å²) >= 11 is 0. The van der Waals surface area contributed by atoms with Crippen molar-refractivity contribution in [3.8, 4) is 0 Å². The molecular weight excluding hydrogens is 323 g/mol. The van der Waals surface area contributed by atoms with Gasteiger partial charge < -0.3 is 20.6 Å². The fraction of sp³-hybridized carbons (Fsp3) is 0.133. The Balaban J connectivity index is 0.000000882. The highest BCUT2D eigenvalue weighted by Crippen LogP contribution is 2.36. The minimum absolute atomic E-state index is 0. The van der Waals surface area contributed by atoms with Crippen LogP contribution in [0.3, 0.4) is 0 Å². The van der Waals surface area contributed by atoms with Gasteiger partial charge in [0.2, 0.25) is 0 Å². The van der Waals surface area contributed by atoms with Crippen molar-refractivity contribution < 1.29 is 0 Å². The maximum Gasteiger partial charge on any atom is 0.323 e. The number of benzene rings is 2. The molecule has 0 radical (unpaired) electrons. The van der Waals surface area contributed by atoms with Gasteiger partial charge in [-0.3, -0.25) is 0 Å². The van der Waals surface area contributed by atoms with Crippen LogP contribution in [0.15, 0.2) is 41.2 Å². The summed E-state index contributed by atoms with van der Waals surface area (Å²) in [6.45, 7) is 0.930. The van der Waals surface area contributed by atoms with E-state index in [-0.39, 0.29) is 30.5 Å². The topological polar surface area (TPSA) is 77.9 Å². The molecule has 0 spiro atoms. The summed E-state index contributed by atoms with van der Waals surface area (Å²) in [7, 11) is 0. The average Bonchev–Trinajstić information content (AvgIpc) is 2.99. The highest BCUT2D eigenvalue weighted by atomic mass is 35.5. The highest BCUT2D eigenvalue weighted by molar-refractivity contribution is 5.85. The van der Waals surface area contributed by atoms with Crippen molar-refractivity contribution in [1.29, 1.82) is 0 Å². The van der Waals surface area contributed by atoms with Crippen LogP contribution in [0, 0.1) is 0 Å². The Morgan fingerprint density at radius 2 is 1.77 bits per heavy atom. The van der Waals surface area contributed by atoms with Crippen molar-refractivity contribution in [3.05, 3.63) is 52.4 Å². The monoisotopic (exact) mass is 338 g/mol. The molecule has 7 heteroatoms. The van der Waals surface area contributed by atoms with Gasteiger partial charge in [-0.15, -0.1) is 24.8 Å². The number of nitrogens with two attached hydrogens (primary N) is 1. The zero-order chi connectivity index (χ0) is 13.7. The van der Waals surface area contributed by atoms with Gasteiger partial charge in [-0.05, 0) is 48.4 Å². The second kappa shape index (κ2) is 5.94. The van der Waals surface area contributed by atoms with Crippen molar-refractivity contribution in [3.63, 3.8) is 0 Å². The first-order valence-electron chi connectivity index (χ1n) is 6.59. The van der Waals surface area contributed by atoms with E-state index in [0.717, 1.165) is 35.4 Å². The number of rotatable bonds is 1. The lowest BCUT2D eigenvalue weighted by Gasteiger charge is -2.19. The standard InChI is InChI=1S/C15H14N4O.2ClH/c16-10-1-4-14-9(7-10)5-6-19(14)11-2-3-12-13(8-11)18-15(20)17-12;;/h1-4,7-8H,5-6,16H2,(H2,17,18,20);2*1H. The van der Waals surface area contributed by atoms with Crippen LogP contribution in [0.2, 0.25) is 0 Å². The molecule has 0 saturated carbocycles. The van der Waals surface area contributed by atoms with Crippen LogP contribution in [0.5, 0.6) is 0 Å². The van der Waals surface area contributed by atoms with E-state index in [1.165, 1.54) is 11.3 Å². The number of anilines is 3. The fourth-order valence-corrected chi connectivity index (χ4v) is 2.88. The number of hydrogen-bond acceptors (Lipinski definition) is 3. The molecule has 0 unspecified atom stereocenters. The lowest BCUT2D eigenvalue weighted by Crippen LogP contribution is -2.12. The fourth-order valence-electron chi connectivity index (χ4n) is 2.88. The number of nitrogens with zero attached hydrogens (tertiary/aromatic N) is 1. The molecule has 116 valence electrons. The van der Waals surface area contributed by atoms with E-state index < -0.39 is 0 Å². The molecule has 1 aliphatic heterocycles. The third-order valence-electron chi connectivity index (χ3n) is 3.81. The molecule has 0 fully saturated rings. The summed E-state index contributed by atoms with van der Waals surface area (Å²) in [5, 5.41) is 0. The van der Waals surface area contributed by atoms with E-state index in [1.54, 1.807) is 0 Å². The molecule has 4 N–H and O–H groups in total. The second-order valence-corrected chi connectivity index (χ2v) is 5.10. The molecule has 22 heavy (non-hydrogen) atoms. The van der Waals surface area contributed by atoms with Crippen LogP contribution in [-0.4, -0.2) is 16.5 Å². The molecule has 1 aliphatic rings. The first kappa shape index (κ1) is 16.3. The Morgan fingerprint density at radius 1 is 1.00 bits per heavy atom. The van der Waals surface area contributed by atoms with Gasteiger partial charge in [-0.1, -0.05) is 0 Å². The quantitative estimate of drug-likeness (QED) is 0.597. The van der Waals surface area contributed by atoms with Gasteiger partial charge >= 0.3 is 5.69 Å². The Morgan fingerprint density at radius 3 is 2.59 bits per heavy atom. The molecule has 4 rings (SSSR count). The number of aromatic amines is 2. The molecule has 0 saturated heterocycles. The van der Waals surface area contributed by atoms with Gasteiger partial charge in [0.25, 0.3) is 0 Å². The maximum absolute atomic E-state index is 11.3. The van der Waals surface area contributed by atoms with Crippen LogP contribution < -0.4 is 16.3 Å². The zero-order valence-electron chi connectivity index (χ0n) is 11.6. The van der Waals surface area contributed by atoms with Crippen molar-refractivity contribution in [2.24, 2.45) is 0 Å². The van der Waals surface area contributed by atoms with Gasteiger partial charge in [0.1, 0.15) is 0 Å². The summed E-state index contributed by atoms with van der Waals surface area (Å²) in [6, 6.07) is 12.0. The number of aromatic nitrogens is 2. The van der Waals surface area contributed by atoms with Crippen LogP contribution >= 0.6 is 24.8 Å². The van der Waals surface area contributed by atoms with E-state index in [4.69, 9.17) is 5.73 Å².